The third-order valence-electron chi connectivity index (χ3n) is 10.8. The van der Waals surface area contributed by atoms with Crippen molar-refractivity contribution in [1.29, 1.82) is 0 Å². The Morgan fingerprint density at radius 1 is 1.03 bits per heavy atom. The maximum absolute atomic E-state index is 13.2. The lowest BCUT2D eigenvalue weighted by molar-refractivity contribution is -0.237. The van der Waals surface area contributed by atoms with Gasteiger partial charge in [-0.1, -0.05) is 52.3 Å². The number of methoxy groups -OCH3 is 1. The Bertz CT molecular complexity index is 1220. The zero-order chi connectivity index (χ0) is 28.7. The molecule has 212 valence electrons. The summed E-state index contributed by atoms with van der Waals surface area (Å²) in [4.78, 5) is 51.3. The molecule has 9 atom stereocenters. The summed E-state index contributed by atoms with van der Waals surface area (Å²) in [5, 5.41) is 0. The monoisotopic (exact) mass is 540 g/mol. The molecule has 0 aromatic carbocycles. The molecular formula is C31H40O8. The second kappa shape index (κ2) is 8.88. The summed E-state index contributed by atoms with van der Waals surface area (Å²) in [6.07, 6.45) is 7.53. The van der Waals surface area contributed by atoms with Crippen LogP contribution in [0.1, 0.15) is 67.7 Å². The molecule has 2 saturated carbocycles. The summed E-state index contributed by atoms with van der Waals surface area (Å²) in [6, 6.07) is 0. The van der Waals surface area contributed by atoms with E-state index in [1.807, 2.05) is 19.9 Å². The van der Waals surface area contributed by atoms with Crippen LogP contribution in [0, 0.1) is 39.4 Å². The Morgan fingerprint density at radius 3 is 2.28 bits per heavy atom. The first-order valence-corrected chi connectivity index (χ1v) is 13.9. The lowest BCUT2D eigenvalue weighted by atomic mass is 9.37. The van der Waals surface area contributed by atoms with Crippen molar-refractivity contribution >= 4 is 23.7 Å². The summed E-state index contributed by atoms with van der Waals surface area (Å²) in [6.45, 7) is 13.0. The van der Waals surface area contributed by atoms with Crippen LogP contribution >= 0.6 is 0 Å². The Labute approximate surface area is 230 Å². The van der Waals surface area contributed by atoms with Gasteiger partial charge in [0.25, 0.3) is 0 Å². The Hall–Kier alpha value is -2.74. The fourth-order valence-electron chi connectivity index (χ4n) is 9.38. The van der Waals surface area contributed by atoms with Crippen molar-refractivity contribution in [3.63, 3.8) is 0 Å². The maximum Gasteiger partial charge on any atom is 0.336 e. The van der Waals surface area contributed by atoms with Gasteiger partial charge in [0.05, 0.1) is 0 Å². The molecule has 0 N–H and O–H groups in total. The van der Waals surface area contributed by atoms with Crippen molar-refractivity contribution in [2.24, 2.45) is 39.4 Å². The van der Waals surface area contributed by atoms with Crippen LogP contribution in [0.5, 0.6) is 0 Å². The van der Waals surface area contributed by atoms with Crippen molar-refractivity contribution in [2.75, 3.05) is 7.11 Å². The van der Waals surface area contributed by atoms with Gasteiger partial charge in [0.15, 0.2) is 5.78 Å². The minimum Gasteiger partial charge on any atom is -0.458 e. The minimum atomic E-state index is -0.843. The number of esters is 3. The SMILES string of the molecule is COC1C=C([C@@H]2CC=C3[C@]4(C)[C@H](OC(C)=O)[C@H](OC(C)=O)C5C(C)(C)C(=O)C=C[C@]5(C)[C@H]4CC[C@]32C)C(=O)O1. The molecule has 1 aliphatic heterocycles. The van der Waals surface area contributed by atoms with E-state index < -0.39 is 58.0 Å². The molecule has 5 aliphatic rings. The van der Waals surface area contributed by atoms with Gasteiger partial charge in [-0.25, -0.2) is 4.79 Å². The zero-order valence-electron chi connectivity index (χ0n) is 24.2. The maximum atomic E-state index is 13.2. The quantitative estimate of drug-likeness (QED) is 0.292. The Balaban J connectivity index is 1.69. The molecule has 1 heterocycles. The van der Waals surface area contributed by atoms with Crippen molar-refractivity contribution in [3.05, 3.63) is 35.5 Å². The molecule has 2 fully saturated rings. The van der Waals surface area contributed by atoms with E-state index in [4.69, 9.17) is 18.9 Å². The highest BCUT2D eigenvalue weighted by Gasteiger charge is 2.72. The van der Waals surface area contributed by atoms with Gasteiger partial charge in [-0.15, -0.1) is 0 Å². The van der Waals surface area contributed by atoms with Gasteiger partial charge in [-0.05, 0) is 48.2 Å². The number of ether oxygens (including phenoxy) is 4. The predicted molar refractivity (Wildman–Crippen MR) is 141 cm³/mol. The molecule has 4 aliphatic carbocycles. The van der Waals surface area contributed by atoms with Gasteiger partial charge in [0.2, 0.25) is 6.29 Å². The molecule has 0 bridgehead atoms. The summed E-state index contributed by atoms with van der Waals surface area (Å²) in [5.41, 5.74) is -0.770. The fraction of sp³-hybridized carbons (Fsp3) is 0.677. The molecule has 0 radical (unpaired) electrons. The van der Waals surface area contributed by atoms with Crippen LogP contribution in [0.15, 0.2) is 35.5 Å². The largest absolute Gasteiger partial charge is 0.458 e. The molecule has 39 heavy (non-hydrogen) atoms. The number of allylic oxidation sites excluding steroid dienone is 3. The lowest BCUT2D eigenvalue weighted by Crippen LogP contribution is -2.70. The van der Waals surface area contributed by atoms with E-state index in [1.165, 1.54) is 21.0 Å². The van der Waals surface area contributed by atoms with Crippen LogP contribution in [0.4, 0.5) is 0 Å². The average molecular weight is 541 g/mol. The van der Waals surface area contributed by atoms with Crippen LogP contribution in [-0.2, 0) is 38.1 Å². The molecule has 8 heteroatoms. The molecular weight excluding hydrogens is 500 g/mol. The number of rotatable bonds is 4. The van der Waals surface area contributed by atoms with Crippen molar-refractivity contribution in [2.45, 2.75) is 86.2 Å². The second-order valence-electron chi connectivity index (χ2n) is 13.2. The summed E-state index contributed by atoms with van der Waals surface area (Å²) >= 11 is 0. The first-order valence-electron chi connectivity index (χ1n) is 13.9. The van der Waals surface area contributed by atoms with Crippen molar-refractivity contribution in [1.82, 2.24) is 0 Å². The molecule has 0 saturated heterocycles. The van der Waals surface area contributed by atoms with E-state index in [0.29, 0.717) is 12.0 Å². The number of ketones is 1. The molecule has 0 amide bonds. The van der Waals surface area contributed by atoms with Crippen molar-refractivity contribution < 1.29 is 38.1 Å². The van der Waals surface area contributed by atoms with Crippen LogP contribution in [0.25, 0.3) is 0 Å². The van der Waals surface area contributed by atoms with E-state index in [-0.39, 0.29) is 23.6 Å². The van der Waals surface area contributed by atoms with Gasteiger partial charge >= 0.3 is 17.9 Å². The summed E-state index contributed by atoms with van der Waals surface area (Å²) in [5.74, 6) is -1.88. The highest BCUT2D eigenvalue weighted by molar-refractivity contribution is 5.96. The number of fused-ring (bicyclic) bond motifs is 5. The normalized spacial score (nSPS) is 43.9. The number of carbonyl (C=O) groups excluding carboxylic acids is 4. The predicted octanol–water partition coefficient (Wildman–Crippen LogP) is 4.48. The first kappa shape index (κ1) is 27.8. The summed E-state index contributed by atoms with van der Waals surface area (Å²) < 4.78 is 22.9. The lowest BCUT2D eigenvalue weighted by Gasteiger charge is -2.67. The number of cyclic esters (lactones) is 1. The highest BCUT2D eigenvalue weighted by atomic mass is 16.7. The van der Waals surface area contributed by atoms with Gasteiger partial charge in [-0.3, -0.25) is 14.4 Å². The van der Waals surface area contributed by atoms with Crippen LogP contribution in [0.3, 0.4) is 0 Å². The van der Waals surface area contributed by atoms with Gasteiger partial charge in [0, 0.05) is 49.2 Å². The standard InChI is InChI=1S/C31H40O8/c1-16(32)37-24-25-28(3,4)22(34)12-14-30(25,6)21-11-13-29(5)19(18-15-23(36-8)39-27(18)35)9-10-20(29)31(21,7)26(24)38-17(2)33/h10,12,14-15,19,21,23-26H,9,11,13H2,1-8H3/t19-,21+,23?,24+,25?,26+,29-,30+,31-/m0/s1. The number of carbonyl (C=O) groups is 4. The molecule has 0 aromatic rings. The molecule has 2 unspecified atom stereocenters. The van der Waals surface area contributed by atoms with Crippen molar-refractivity contribution in [3.8, 4) is 0 Å². The Morgan fingerprint density at radius 2 is 1.69 bits per heavy atom. The highest BCUT2D eigenvalue weighted by Crippen LogP contribution is 2.72. The second-order valence-corrected chi connectivity index (χ2v) is 13.2. The topological polar surface area (TPSA) is 105 Å². The minimum absolute atomic E-state index is 0.0101. The van der Waals surface area contributed by atoms with E-state index in [2.05, 4.69) is 26.8 Å². The Kier molecular flexibility index (Phi) is 6.33. The van der Waals surface area contributed by atoms with E-state index in [0.717, 1.165) is 18.4 Å². The van der Waals surface area contributed by atoms with E-state index in [1.54, 1.807) is 12.2 Å². The van der Waals surface area contributed by atoms with Crippen LogP contribution < -0.4 is 0 Å². The molecule has 0 spiro atoms. The number of hydrogen-bond donors (Lipinski definition) is 0. The fourth-order valence-corrected chi connectivity index (χ4v) is 9.38. The summed E-state index contributed by atoms with van der Waals surface area (Å²) in [7, 11) is 1.51. The van der Waals surface area contributed by atoms with Gasteiger partial charge in [0.1, 0.15) is 12.2 Å². The molecule has 8 nitrogen and oxygen atoms in total. The van der Waals surface area contributed by atoms with Gasteiger partial charge in [-0.2, -0.15) is 0 Å². The van der Waals surface area contributed by atoms with E-state index >= 15 is 0 Å². The van der Waals surface area contributed by atoms with Crippen LogP contribution in [-0.4, -0.2) is 49.3 Å². The first-order chi connectivity index (χ1) is 18.1. The molecule has 0 aromatic heterocycles. The smallest absolute Gasteiger partial charge is 0.336 e. The average Bonchev–Trinajstić information content (AvgIpc) is 3.38. The van der Waals surface area contributed by atoms with E-state index in [9.17, 15) is 19.2 Å². The van der Waals surface area contributed by atoms with Crippen LogP contribution in [0.2, 0.25) is 0 Å². The number of hydrogen-bond acceptors (Lipinski definition) is 8. The van der Waals surface area contributed by atoms with Gasteiger partial charge < -0.3 is 18.9 Å². The molecule has 5 rings (SSSR count). The third-order valence-corrected chi connectivity index (χ3v) is 10.8. The zero-order valence-corrected chi connectivity index (χ0v) is 24.2. The third kappa shape index (κ3) is 3.73.